The molecule has 0 aliphatic carbocycles. The van der Waals surface area contributed by atoms with Gasteiger partial charge in [-0.25, -0.2) is 10.2 Å². The van der Waals surface area contributed by atoms with Crippen molar-refractivity contribution < 1.29 is 19.1 Å². The van der Waals surface area contributed by atoms with Crippen LogP contribution in [0.3, 0.4) is 0 Å². The largest absolute Gasteiger partial charge is 0.493 e. The molecule has 1 N–H and O–H groups in total. The Morgan fingerprint density at radius 3 is 2.50 bits per heavy atom. The van der Waals surface area contributed by atoms with E-state index in [1.165, 1.54) is 24.7 Å². The summed E-state index contributed by atoms with van der Waals surface area (Å²) in [5.41, 5.74) is 3.62. The molecule has 0 spiro atoms. The Bertz CT molecular complexity index is 1320. The van der Waals surface area contributed by atoms with Crippen LogP contribution in [-0.2, 0) is 0 Å². The molecule has 1 aromatic heterocycles. The smallest absolute Gasteiger partial charge is 0.355 e. The summed E-state index contributed by atoms with van der Waals surface area (Å²) in [5.74, 6) is -0.295. The highest BCUT2D eigenvalue weighted by Crippen LogP contribution is 2.36. The minimum absolute atomic E-state index is 0.247. The number of ether oxygens (including phenoxy) is 2. The first-order chi connectivity index (χ1) is 15.6. The van der Waals surface area contributed by atoms with Gasteiger partial charge in [0.05, 0.1) is 18.3 Å². The van der Waals surface area contributed by atoms with Crippen molar-refractivity contribution in [3.63, 3.8) is 0 Å². The maximum atomic E-state index is 12.7. The third-order valence-corrected chi connectivity index (χ3v) is 6.18. The summed E-state index contributed by atoms with van der Waals surface area (Å²) in [6.45, 7) is 0. The fourth-order valence-electron chi connectivity index (χ4n) is 2.96. The zero-order chi connectivity index (χ0) is 22.5. The number of hydrazone groups is 1. The Hall–Kier alpha value is -3.68. The first kappa shape index (κ1) is 21.5. The summed E-state index contributed by atoms with van der Waals surface area (Å²) < 4.78 is 11.8. The van der Waals surface area contributed by atoms with Gasteiger partial charge < -0.3 is 9.47 Å². The molecule has 3 aromatic carbocycles. The number of methoxy groups -OCH3 is 1. The van der Waals surface area contributed by atoms with E-state index >= 15 is 0 Å². The Morgan fingerprint density at radius 2 is 1.75 bits per heavy atom. The fourth-order valence-corrected chi connectivity index (χ4v) is 4.34. The van der Waals surface area contributed by atoms with Crippen molar-refractivity contribution in [2.75, 3.05) is 7.11 Å². The summed E-state index contributed by atoms with van der Waals surface area (Å²) in [6, 6.07) is 21.2. The number of halogens is 1. The molecule has 32 heavy (non-hydrogen) atoms. The molecular formula is C24H17ClN2O4S. The molecule has 0 fully saturated rings. The first-order valence-electron chi connectivity index (χ1n) is 9.52. The van der Waals surface area contributed by atoms with Crippen molar-refractivity contribution in [1.29, 1.82) is 0 Å². The second-order valence-corrected chi connectivity index (χ2v) is 8.04. The van der Waals surface area contributed by atoms with Gasteiger partial charge in [0.1, 0.15) is 4.88 Å². The lowest BCUT2D eigenvalue weighted by atomic mass is 10.2. The van der Waals surface area contributed by atoms with Crippen LogP contribution in [0.2, 0.25) is 5.02 Å². The molecule has 0 saturated heterocycles. The number of rotatable bonds is 6. The highest BCUT2D eigenvalue weighted by atomic mass is 35.5. The van der Waals surface area contributed by atoms with Gasteiger partial charge >= 0.3 is 5.97 Å². The Morgan fingerprint density at radius 1 is 1.00 bits per heavy atom. The SMILES string of the molecule is COc1cc(C=NNC(=O)c2ccccc2)ccc1OC(=O)c1sc2ccccc2c1Cl. The maximum absolute atomic E-state index is 12.7. The number of esters is 1. The van der Waals surface area contributed by atoms with E-state index in [1.807, 2.05) is 30.3 Å². The average molecular weight is 465 g/mol. The van der Waals surface area contributed by atoms with E-state index in [2.05, 4.69) is 10.5 Å². The minimum Gasteiger partial charge on any atom is -0.493 e. The van der Waals surface area contributed by atoms with Gasteiger partial charge in [-0.15, -0.1) is 11.3 Å². The van der Waals surface area contributed by atoms with Gasteiger partial charge in [0, 0.05) is 15.6 Å². The van der Waals surface area contributed by atoms with Crippen LogP contribution in [0, 0.1) is 0 Å². The van der Waals surface area contributed by atoms with Gasteiger partial charge in [0.2, 0.25) is 0 Å². The molecule has 4 aromatic rings. The topological polar surface area (TPSA) is 77.0 Å². The van der Waals surface area contributed by atoms with Crippen LogP contribution in [0.4, 0.5) is 0 Å². The van der Waals surface area contributed by atoms with E-state index in [9.17, 15) is 9.59 Å². The Labute approximate surface area is 193 Å². The first-order valence-corrected chi connectivity index (χ1v) is 10.7. The molecule has 6 nitrogen and oxygen atoms in total. The van der Waals surface area contributed by atoms with Crippen molar-refractivity contribution in [1.82, 2.24) is 5.43 Å². The molecule has 1 heterocycles. The summed E-state index contributed by atoms with van der Waals surface area (Å²) in [4.78, 5) is 25.1. The van der Waals surface area contributed by atoms with Gasteiger partial charge in [0.15, 0.2) is 11.5 Å². The molecular weight excluding hydrogens is 448 g/mol. The molecule has 0 radical (unpaired) electrons. The van der Waals surface area contributed by atoms with Crippen molar-refractivity contribution in [2.45, 2.75) is 0 Å². The van der Waals surface area contributed by atoms with Crippen LogP contribution >= 0.6 is 22.9 Å². The number of amides is 1. The van der Waals surface area contributed by atoms with E-state index < -0.39 is 5.97 Å². The summed E-state index contributed by atoms with van der Waals surface area (Å²) in [5, 5.41) is 5.14. The maximum Gasteiger partial charge on any atom is 0.355 e. The van der Waals surface area contributed by atoms with Crippen molar-refractivity contribution in [2.24, 2.45) is 5.10 Å². The number of thiophene rings is 1. The van der Waals surface area contributed by atoms with Crippen LogP contribution in [0.1, 0.15) is 25.6 Å². The van der Waals surface area contributed by atoms with Crippen molar-refractivity contribution in [3.8, 4) is 11.5 Å². The van der Waals surface area contributed by atoms with E-state index in [4.69, 9.17) is 21.1 Å². The summed E-state index contributed by atoms with van der Waals surface area (Å²) in [7, 11) is 1.47. The lowest BCUT2D eigenvalue weighted by Crippen LogP contribution is -2.17. The number of carbonyl (C=O) groups excluding carboxylic acids is 2. The molecule has 8 heteroatoms. The van der Waals surface area contributed by atoms with Crippen molar-refractivity contribution >= 4 is 51.1 Å². The van der Waals surface area contributed by atoms with E-state index in [-0.39, 0.29) is 11.7 Å². The molecule has 1 amide bonds. The number of benzene rings is 3. The lowest BCUT2D eigenvalue weighted by Gasteiger charge is -2.09. The zero-order valence-electron chi connectivity index (χ0n) is 16.9. The number of hydrogen-bond acceptors (Lipinski definition) is 6. The van der Waals surface area contributed by atoms with Crippen molar-refractivity contribution in [3.05, 3.63) is 93.8 Å². The Kier molecular flexibility index (Phi) is 6.49. The molecule has 0 saturated carbocycles. The second kappa shape index (κ2) is 9.64. The van der Waals surface area contributed by atoms with Crippen LogP contribution in [-0.4, -0.2) is 25.2 Å². The van der Waals surface area contributed by atoms with Gasteiger partial charge in [-0.2, -0.15) is 5.10 Å². The standard InChI is InChI=1S/C24H17ClN2O4S/c1-30-19-13-15(14-26-27-23(28)16-7-3-2-4-8-16)11-12-18(19)31-24(29)22-21(25)17-9-5-6-10-20(17)32-22/h2-14H,1H3,(H,27,28). The van der Waals surface area contributed by atoms with Crippen LogP contribution in [0.5, 0.6) is 11.5 Å². The highest BCUT2D eigenvalue weighted by Gasteiger charge is 2.20. The number of nitrogens with one attached hydrogen (secondary N) is 1. The molecule has 0 unspecified atom stereocenters. The molecule has 0 atom stereocenters. The summed E-state index contributed by atoms with van der Waals surface area (Å²) >= 11 is 7.64. The van der Waals surface area contributed by atoms with E-state index in [0.29, 0.717) is 26.8 Å². The Balaban J connectivity index is 1.47. The van der Waals surface area contributed by atoms with Gasteiger partial charge in [0.25, 0.3) is 5.91 Å². The quantitative estimate of drug-likeness (QED) is 0.176. The van der Waals surface area contributed by atoms with Crippen LogP contribution in [0.25, 0.3) is 10.1 Å². The van der Waals surface area contributed by atoms with E-state index in [0.717, 1.165) is 10.1 Å². The molecule has 160 valence electrons. The summed E-state index contributed by atoms with van der Waals surface area (Å²) in [6.07, 6.45) is 1.47. The third-order valence-electron chi connectivity index (χ3n) is 4.53. The average Bonchev–Trinajstić information content (AvgIpc) is 3.17. The molecule has 0 aliphatic rings. The van der Waals surface area contributed by atoms with Gasteiger partial charge in [-0.3, -0.25) is 4.79 Å². The number of nitrogens with zero attached hydrogens (tertiary/aromatic N) is 1. The molecule has 0 bridgehead atoms. The van der Waals surface area contributed by atoms with E-state index in [1.54, 1.807) is 42.5 Å². The predicted molar refractivity (Wildman–Crippen MR) is 126 cm³/mol. The predicted octanol–water partition coefficient (Wildman–Crippen LogP) is 5.55. The second-order valence-electron chi connectivity index (χ2n) is 6.61. The minimum atomic E-state index is -0.564. The van der Waals surface area contributed by atoms with Gasteiger partial charge in [-0.1, -0.05) is 48.0 Å². The monoisotopic (exact) mass is 464 g/mol. The van der Waals surface area contributed by atoms with Crippen LogP contribution < -0.4 is 14.9 Å². The zero-order valence-corrected chi connectivity index (χ0v) is 18.4. The molecule has 0 aliphatic heterocycles. The number of hydrogen-bond donors (Lipinski definition) is 1. The number of fused-ring (bicyclic) bond motifs is 1. The number of carbonyl (C=O) groups is 2. The highest BCUT2D eigenvalue weighted by molar-refractivity contribution is 7.21. The fraction of sp³-hybridized carbons (Fsp3) is 0.0417. The lowest BCUT2D eigenvalue weighted by molar-refractivity contribution is 0.0734. The van der Waals surface area contributed by atoms with Gasteiger partial charge in [-0.05, 0) is 42.0 Å². The molecule has 4 rings (SSSR count). The third kappa shape index (κ3) is 4.64. The normalized spacial score (nSPS) is 10.9. The van der Waals surface area contributed by atoms with Crippen LogP contribution in [0.15, 0.2) is 77.9 Å².